The molecule has 0 aliphatic heterocycles. The summed E-state index contributed by atoms with van der Waals surface area (Å²) in [5.74, 6) is -2.48. The number of nitrogens with one attached hydrogen (secondary N) is 1. The summed E-state index contributed by atoms with van der Waals surface area (Å²) in [7, 11) is 0. The molecule has 6 rings (SSSR count). The maximum absolute atomic E-state index is 15.0. The van der Waals surface area contributed by atoms with Crippen molar-refractivity contribution in [3.05, 3.63) is 59.5 Å². The highest BCUT2D eigenvalue weighted by Crippen LogP contribution is 2.47. The Hall–Kier alpha value is -3.66. The monoisotopic (exact) mass is 512 g/mol. The van der Waals surface area contributed by atoms with E-state index in [4.69, 9.17) is 16.3 Å². The largest absolute Gasteiger partial charge is 0.453 e. The third-order valence-corrected chi connectivity index (χ3v) is 7.00. The quantitative estimate of drug-likeness (QED) is 0.278. The van der Waals surface area contributed by atoms with Gasteiger partial charge < -0.3 is 9.72 Å². The van der Waals surface area contributed by atoms with Gasteiger partial charge in [-0.3, -0.25) is 9.67 Å². The maximum atomic E-state index is 15.0. The average molecular weight is 513 g/mol. The van der Waals surface area contributed by atoms with Crippen molar-refractivity contribution in [1.29, 1.82) is 0 Å². The summed E-state index contributed by atoms with van der Waals surface area (Å²) in [6.45, 7) is 3.62. The highest BCUT2D eigenvalue weighted by molar-refractivity contribution is 6.36. The van der Waals surface area contributed by atoms with Gasteiger partial charge in [-0.15, -0.1) is 0 Å². The second-order valence-electron chi connectivity index (χ2n) is 9.17. The molecule has 1 N–H and O–H groups in total. The number of imidazole rings is 1. The molecule has 184 valence electrons. The summed E-state index contributed by atoms with van der Waals surface area (Å²) in [6.07, 6.45) is 4.71. The molecule has 3 aromatic heterocycles. The van der Waals surface area contributed by atoms with Crippen molar-refractivity contribution < 1.29 is 17.9 Å². The van der Waals surface area contributed by atoms with Crippen LogP contribution in [0.25, 0.3) is 33.3 Å². The zero-order chi connectivity index (χ0) is 25.2. The topological polar surface area (TPSA) is 81.5 Å². The number of benzene rings is 2. The predicted molar refractivity (Wildman–Crippen MR) is 129 cm³/mol. The van der Waals surface area contributed by atoms with Crippen molar-refractivity contribution in [2.24, 2.45) is 5.92 Å². The number of alkyl halides is 2. The van der Waals surface area contributed by atoms with Crippen LogP contribution in [0.4, 0.5) is 13.2 Å². The van der Waals surface area contributed by atoms with E-state index >= 15 is 0 Å². The first-order chi connectivity index (χ1) is 17.2. The molecule has 1 atom stereocenters. The summed E-state index contributed by atoms with van der Waals surface area (Å²) >= 11 is 6.61. The molecule has 0 saturated heterocycles. The number of H-pyrrole nitrogens is 1. The normalized spacial score (nSPS) is 16.4. The van der Waals surface area contributed by atoms with Crippen molar-refractivity contribution in [3.8, 4) is 22.8 Å². The molecule has 0 amide bonds. The minimum absolute atomic E-state index is 0.00616. The molecule has 0 radical (unpaired) electrons. The minimum Gasteiger partial charge on any atom is -0.453 e. The fraction of sp³-hybridized carbons (Fsp3) is 0.280. The van der Waals surface area contributed by atoms with Crippen LogP contribution in [0.3, 0.4) is 0 Å². The molecule has 1 unspecified atom stereocenters. The lowest BCUT2D eigenvalue weighted by atomic mass is 9.77. The summed E-state index contributed by atoms with van der Waals surface area (Å²) in [4.78, 5) is 16.2. The standard InChI is InChI=1S/C25H20ClF3N6O/c1-12(14-7-25(28,29)8-14)35-11-15(9-31-35)18-10-30-16-3-5-19(21(26)23(16)34-18)36-20-6-4-17-24(22(20)27)33-13(2)32-17/h3-6,9-12,14H,7-8H2,1-2H3,(H,32,33). The van der Waals surface area contributed by atoms with Crippen molar-refractivity contribution >= 4 is 33.7 Å². The molecule has 7 nitrogen and oxygen atoms in total. The third-order valence-electron chi connectivity index (χ3n) is 6.63. The molecule has 0 bridgehead atoms. The molecule has 11 heteroatoms. The number of halogens is 4. The lowest BCUT2D eigenvalue weighted by molar-refractivity contribution is -0.122. The van der Waals surface area contributed by atoms with Crippen molar-refractivity contribution in [2.75, 3.05) is 0 Å². The van der Waals surface area contributed by atoms with E-state index in [1.54, 1.807) is 48.4 Å². The Bertz CT molecular complexity index is 1620. The van der Waals surface area contributed by atoms with Gasteiger partial charge in [0.25, 0.3) is 0 Å². The van der Waals surface area contributed by atoms with Gasteiger partial charge in [0.05, 0.1) is 35.2 Å². The number of nitrogens with zero attached hydrogens (tertiary/aromatic N) is 5. The van der Waals surface area contributed by atoms with Gasteiger partial charge in [-0.25, -0.2) is 23.1 Å². The van der Waals surface area contributed by atoms with Gasteiger partial charge in [-0.2, -0.15) is 5.10 Å². The van der Waals surface area contributed by atoms with E-state index in [1.165, 1.54) is 6.07 Å². The van der Waals surface area contributed by atoms with E-state index in [-0.39, 0.29) is 46.8 Å². The molecule has 1 saturated carbocycles. The van der Waals surface area contributed by atoms with Crippen LogP contribution in [0.5, 0.6) is 11.5 Å². The molecule has 5 aromatic rings. The SMILES string of the molecule is Cc1nc2ccc(Oc3ccc4ncc(-c5cnn(C(C)C6CC(F)(F)C6)c5)nc4c3Cl)c(F)c2[nH]1. The first kappa shape index (κ1) is 22.8. The van der Waals surface area contributed by atoms with Gasteiger partial charge in [-0.05, 0) is 44.0 Å². The van der Waals surface area contributed by atoms with Crippen LogP contribution >= 0.6 is 11.6 Å². The number of aromatic amines is 1. The lowest BCUT2D eigenvalue weighted by Crippen LogP contribution is -2.39. The Balaban J connectivity index is 1.30. The summed E-state index contributed by atoms with van der Waals surface area (Å²) in [5, 5.41) is 4.53. The highest BCUT2D eigenvalue weighted by Gasteiger charge is 2.47. The summed E-state index contributed by atoms with van der Waals surface area (Å²) in [6, 6.07) is 6.28. The number of hydrogen-bond acceptors (Lipinski definition) is 5. The zero-order valence-electron chi connectivity index (χ0n) is 19.3. The molecule has 1 aliphatic rings. The number of fused-ring (bicyclic) bond motifs is 2. The number of aromatic nitrogens is 6. The second kappa shape index (κ2) is 8.19. The average Bonchev–Trinajstić information content (AvgIpc) is 3.47. The fourth-order valence-electron chi connectivity index (χ4n) is 4.55. The number of hydrogen-bond donors (Lipinski definition) is 1. The van der Waals surface area contributed by atoms with Crippen molar-refractivity contribution in [2.45, 2.75) is 38.7 Å². The molecule has 0 spiro atoms. The van der Waals surface area contributed by atoms with E-state index in [1.807, 2.05) is 6.92 Å². The second-order valence-corrected chi connectivity index (χ2v) is 9.55. The Morgan fingerprint density at radius 3 is 2.64 bits per heavy atom. The number of rotatable bonds is 5. The molecular formula is C25H20ClF3N6O. The zero-order valence-corrected chi connectivity index (χ0v) is 20.0. The fourth-order valence-corrected chi connectivity index (χ4v) is 4.79. The van der Waals surface area contributed by atoms with E-state index in [0.29, 0.717) is 33.6 Å². The van der Waals surface area contributed by atoms with Crippen LogP contribution in [0, 0.1) is 18.7 Å². The Morgan fingerprint density at radius 1 is 1.11 bits per heavy atom. The third kappa shape index (κ3) is 3.85. The first-order valence-corrected chi connectivity index (χ1v) is 11.8. The minimum atomic E-state index is -2.58. The molecule has 2 aromatic carbocycles. The Morgan fingerprint density at radius 2 is 1.86 bits per heavy atom. The molecule has 1 aliphatic carbocycles. The summed E-state index contributed by atoms with van der Waals surface area (Å²) in [5.41, 5.74) is 2.85. The van der Waals surface area contributed by atoms with Crippen LogP contribution < -0.4 is 4.74 Å². The number of ether oxygens (including phenoxy) is 1. The van der Waals surface area contributed by atoms with Gasteiger partial charge in [0.15, 0.2) is 11.6 Å². The smallest absolute Gasteiger partial charge is 0.248 e. The van der Waals surface area contributed by atoms with E-state index in [0.717, 1.165) is 0 Å². The number of aryl methyl sites for hydroxylation is 1. The van der Waals surface area contributed by atoms with E-state index < -0.39 is 11.7 Å². The maximum Gasteiger partial charge on any atom is 0.248 e. The van der Waals surface area contributed by atoms with Crippen LogP contribution in [-0.4, -0.2) is 35.6 Å². The van der Waals surface area contributed by atoms with E-state index in [2.05, 4.69) is 25.0 Å². The van der Waals surface area contributed by atoms with Crippen LogP contribution in [-0.2, 0) is 0 Å². The van der Waals surface area contributed by atoms with Crippen LogP contribution in [0.15, 0.2) is 42.9 Å². The molecule has 3 heterocycles. The van der Waals surface area contributed by atoms with Gasteiger partial charge in [0.2, 0.25) is 5.92 Å². The predicted octanol–water partition coefficient (Wildman–Crippen LogP) is 6.87. The molecule has 1 fully saturated rings. The van der Waals surface area contributed by atoms with Gasteiger partial charge in [0.1, 0.15) is 27.6 Å². The van der Waals surface area contributed by atoms with E-state index in [9.17, 15) is 13.2 Å². The van der Waals surface area contributed by atoms with Crippen LogP contribution in [0.2, 0.25) is 5.02 Å². The molecular weight excluding hydrogens is 493 g/mol. The Labute approximate surface area is 208 Å². The van der Waals surface area contributed by atoms with Gasteiger partial charge in [-0.1, -0.05) is 11.6 Å². The highest BCUT2D eigenvalue weighted by atomic mass is 35.5. The van der Waals surface area contributed by atoms with Gasteiger partial charge in [0, 0.05) is 24.6 Å². The van der Waals surface area contributed by atoms with Crippen molar-refractivity contribution in [1.82, 2.24) is 29.7 Å². The Kier molecular flexibility index (Phi) is 5.18. The molecule has 36 heavy (non-hydrogen) atoms. The van der Waals surface area contributed by atoms with Gasteiger partial charge >= 0.3 is 0 Å². The first-order valence-electron chi connectivity index (χ1n) is 11.4. The summed E-state index contributed by atoms with van der Waals surface area (Å²) < 4.78 is 49.0. The van der Waals surface area contributed by atoms with Crippen LogP contribution in [0.1, 0.15) is 31.6 Å². The lowest BCUT2D eigenvalue weighted by Gasteiger charge is -2.38. The van der Waals surface area contributed by atoms with Crippen molar-refractivity contribution in [3.63, 3.8) is 0 Å².